The lowest BCUT2D eigenvalue weighted by atomic mass is 10.2. The van der Waals surface area contributed by atoms with Gasteiger partial charge in [-0.1, -0.05) is 49.4 Å². The van der Waals surface area contributed by atoms with Crippen LogP contribution < -0.4 is 4.74 Å². The number of rotatable bonds is 6. The van der Waals surface area contributed by atoms with Crippen LogP contribution in [-0.4, -0.2) is 25.8 Å². The van der Waals surface area contributed by atoms with Crippen LogP contribution in [0.25, 0.3) is 21.0 Å². The standard InChI is InChI=1S/C20H21NO3S2/c1-4-14(2)24-19-18(15-10-12-17(13-11-15)26(3,22)23)25-20(21-19)16-8-6-5-7-9-16/h5-14H,4H2,1-3H3. The van der Waals surface area contributed by atoms with Crippen LogP contribution in [0, 0.1) is 0 Å². The summed E-state index contributed by atoms with van der Waals surface area (Å²) >= 11 is 1.55. The smallest absolute Gasteiger partial charge is 0.233 e. The number of ether oxygens (including phenoxy) is 1. The SMILES string of the molecule is CCC(C)Oc1nc(-c2ccccc2)sc1-c1ccc(S(C)(=O)=O)cc1. The second kappa shape index (κ2) is 7.60. The number of thiazole rings is 1. The van der Waals surface area contributed by atoms with E-state index in [1.807, 2.05) is 49.4 Å². The molecule has 0 radical (unpaired) electrons. The van der Waals surface area contributed by atoms with Crippen LogP contribution in [0.2, 0.25) is 0 Å². The third-order valence-corrected chi connectivity index (χ3v) is 6.31. The largest absolute Gasteiger partial charge is 0.474 e. The molecule has 0 amide bonds. The molecule has 0 spiro atoms. The highest BCUT2D eigenvalue weighted by atomic mass is 32.2. The predicted molar refractivity (Wildman–Crippen MR) is 106 cm³/mol. The molecule has 0 saturated carbocycles. The predicted octanol–water partition coefficient (Wildman–Crippen LogP) is 5.06. The molecule has 1 unspecified atom stereocenters. The molecule has 0 aliphatic rings. The maximum Gasteiger partial charge on any atom is 0.233 e. The molecule has 3 aromatic rings. The van der Waals surface area contributed by atoms with E-state index in [1.165, 1.54) is 6.26 Å². The Morgan fingerprint density at radius 1 is 1.04 bits per heavy atom. The number of benzene rings is 2. The number of hydrogen-bond acceptors (Lipinski definition) is 5. The first kappa shape index (κ1) is 18.6. The summed E-state index contributed by atoms with van der Waals surface area (Å²) in [4.78, 5) is 5.90. The molecule has 0 fully saturated rings. The number of sulfone groups is 1. The normalized spacial score (nSPS) is 12.7. The van der Waals surface area contributed by atoms with Gasteiger partial charge in [0, 0.05) is 11.8 Å². The van der Waals surface area contributed by atoms with Gasteiger partial charge in [-0.25, -0.2) is 13.4 Å². The molecule has 1 heterocycles. The maximum absolute atomic E-state index is 11.7. The van der Waals surface area contributed by atoms with Crippen molar-refractivity contribution in [2.75, 3.05) is 6.26 Å². The van der Waals surface area contributed by atoms with Gasteiger partial charge in [0.2, 0.25) is 5.88 Å². The summed E-state index contributed by atoms with van der Waals surface area (Å²) < 4.78 is 29.4. The van der Waals surface area contributed by atoms with Crippen molar-refractivity contribution in [3.8, 4) is 26.9 Å². The highest BCUT2D eigenvalue weighted by Gasteiger charge is 2.18. The van der Waals surface area contributed by atoms with E-state index in [1.54, 1.807) is 23.5 Å². The number of aromatic nitrogens is 1. The van der Waals surface area contributed by atoms with Gasteiger partial charge in [-0.15, -0.1) is 11.3 Å². The molecule has 0 N–H and O–H groups in total. The third-order valence-electron chi connectivity index (χ3n) is 4.05. The highest BCUT2D eigenvalue weighted by molar-refractivity contribution is 7.90. The fraction of sp³-hybridized carbons (Fsp3) is 0.250. The zero-order valence-corrected chi connectivity index (χ0v) is 16.6. The fourth-order valence-corrected chi connectivity index (χ4v) is 4.04. The Kier molecular flexibility index (Phi) is 5.44. The van der Waals surface area contributed by atoms with E-state index in [9.17, 15) is 8.42 Å². The van der Waals surface area contributed by atoms with Gasteiger partial charge in [0.15, 0.2) is 9.84 Å². The molecule has 136 valence electrons. The van der Waals surface area contributed by atoms with Crippen molar-refractivity contribution in [2.45, 2.75) is 31.3 Å². The van der Waals surface area contributed by atoms with Crippen molar-refractivity contribution in [3.63, 3.8) is 0 Å². The molecule has 0 aliphatic carbocycles. The summed E-state index contributed by atoms with van der Waals surface area (Å²) in [5.74, 6) is 0.593. The van der Waals surface area contributed by atoms with Gasteiger partial charge in [0.1, 0.15) is 5.01 Å². The Morgan fingerprint density at radius 3 is 2.27 bits per heavy atom. The lowest BCUT2D eigenvalue weighted by Gasteiger charge is -2.11. The number of hydrogen-bond donors (Lipinski definition) is 0. The van der Waals surface area contributed by atoms with Gasteiger partial charge >= 0.3 is 0 Å². The van der Waals surface area contributed by atoms with Crippen molar-refractivity contribution in [1.82, 2.24) is 4.98 Å². The van der Waals surface area contributed by atoms with Crippen LogP contribution >= 0.6 is 11.3 Å². The zero-order valence-electron chi connectivity index (χ0n) is 15.0. The lowest BCUT2D eigenvalue weighted by molar-refractivity contribution is 0.211. The van der Waals surface area contributed by atoms with E-state index in [4.69, 9.17) is 9.72 Å². The molecule has 6 heteroatoms. The molecular formula is C20H21NO3S2. The van der Waals surface area contributed by atoms with Gasteiger partial charge in [-0.3, -0.25) is 0 Å². The van der Waals surface area contributed by atoms with E-state index in [2.05, 4.69) is 6.92 Å². The average molecular weight is 388 g/mol. The van der Waals surface area contributed by atoms with E-state index in [-0.39, 0.29) is 6.10 Å². The Bertz CT molecular complexity index is 978. The van der Waals surface area contributed by atoms with E-state index in [0.29, 0.717) is 10.8 Å². The van der Waals surface area contributed by atoms with Crippen molar-refractivity contribution < 1.29 is 13.2 Å². The summed E-state index contributed by atoms with van der Waals surface area (Å²) in [6, 6.07) is 16.8. The highest BCUT2D eigenvalue weighted by Crippen LogP contribution is 2.40. The monoisotopic (exact) mass is 387 g/mol. The van der Waals surface area contributed by atoms with Gasteiger partial charge < -0.3 is 4.74 Å². The van der Waals surface area contributed by atoms with Crippen LogP contribution in [0.5, 0.6) is 5.88 Å². The van der Waals surface area contributed by atoms with Crippen molar-refractivity contribution in [1.29, 1.82) is 0 Å². The lowest BCUT2D eigenvalue weighted by Crippen LogP contribution is -2.10. The van der Waals surface area contributed by atoms with Crippen molar-refractivity contribution >= 4 is 21.2 Å². The summed E-state index contributed by atoms with van der Waals surface area (Å²) in [6.07, 6.45) is 2.14. The Labute approximate surface area is 158 Å². The van der Waals surface area contributed by atoms with Gasteiger partial charge in [-0.2, -0.15) is 0 Å². The van der Waals surface area contributed by atoms with Gasteiger partial charge in [-0.05, 0) is 31.0 Å². The minimum Gasteiger partial charge on any atom is -0.474 e. The molecule has 0 saturated heterocycles. The third kappa shape index (κ3) is 4.14. The molecular weight excluding hydrogens is 366 g/mol. The van der Waals surface area contributed by atoms with Crippen LogP contribution in [-0.2, 0) is 9.84 Å². The maximum atomic E-state index is 11.7. The van der Waals surface area contributed by atoms with E-state index >= 15 is 0 Å². The topological polar surface area (TPSA) is 56.3 Å². The minimum atomic E-state index is -3.22. The quantitative estimate of drug-likeness (QED) is 0.593. The van der Waals surface area contributed by atoms with Crippen LogP contribution in [0.3, 0.4) is 0 Å². The summed E-state index contributed by atoms with van der Waals surface area (Å²) in [5.41, 5.74) is 1.93. The Hall–Kier alpha value is -2.18. The first-order valence-electron chi connectivity index (χ1n) is 8.42. The molecule has 1 aromatic heterocycles. The Balaban J connectivity index is 2.05. The molecule has 4 nitrogen and oxygen atoms in total. The zero-order chi connectivity index (χ0) is 18.7. The second-order valence-corrected chi connectivity index (χ2v) is 9.17. The van der Waals surface area contributed by atoms with Gasteiger partial charge in [0.05, 0.1) is 15.9 Å². The van der Waals surface area contributed by atoms with Gasteiger partial charge in [0.25, 0.3) is 0 Å². The molecule has 3 rings (SSSR count). The summed E-state index contributed by atoms with van der Waals surface area (Å²) in [5, 5.41) is 0.881. The fourth-order valence-electron chi connectivity index (χ4n) is 2.40. The minimum absolute atomic E-state index is 0.0507. The molecule has 1 atom stereocenters. The average Bonchev–Trinajstić information content (AvgIpc) is 3.05. The van der Waals surface area contributed by atoms with Crippen LogP contribution in [0.15, 0.2) is 59.5 Å². The van der Waals surface area contributed by atoms with E-state index < -0.39 is 9.84 Å². The van der Waals surface area contributed by atoms with Crippen molar-refractivity contribution in [2.24, 2.45) is 0 Å². The summed E-state index contributed by atoms with van der Waals surface area (Å²) in [6.45, 7) is 4.08. The van der Waals surface area contributed by atoms with Crippen LogP contribution in [0.4, 0.5) is 0 Å². The molecule has 2 aromatic carbocycles. The molecule has 0 aliphatic heterocycles. The number of nitrogens with zero attached hydrogens (tertiary/aromatic N) is 1. The summed E-state index contributed by atoms with van der Waals surface area (Å²) in [7, 11) is -3.22. The molecule has 26 heavy (non-hydrogen) atoms. The Morgan fingerprint density at radius 2 is 1.69 bits per heavy atom. The van der Waals surface area contributed by atoms with Crippen LogP contribution in [0.1, 0.15) is 20.3 Å². The first-order chi connectivity index (χ1) is 12.4. The second-order valence-electron chi connectivity index (χ2n) is 6.15. The van der Waals surface area contributed by atoms with Crippen molar-refractivity contribution in [3.05, 3.63) is 54.6 Å². The molecule has 0 bridgehead atoms. The van der Waals surface area contributed by atoms with E-state index in [0.717, 1.165) is 27.4 Å². The first-order valence-corrected chi connectivity index (χ1v) is 11.1.